The van der Waals surface area contributed by atoms with Crippen molar-refractivity contribution in [3.05, 3.63) is 18.2 Å². The first kappa shape index (κ1) is 14.4. The van der Waals surface area contributed by atoms with Gasteiger partial charge in [0, 0.05) is 6.42 Å². The van der Waals surface area contributed by atoms with Crippen LogP contribution in [0.4, 0.5) is 0 Å². The Hall–Kier alpha value is -1.54. The highest BCUT2D eigenvalue weighted by Gasteiger charge is 2.30. The molecule has 21 heavy (non-hydrogen) atoms. The van der Waals surface area contributed by atoms with E-state index in [1.54, 1.807) is 12.1 Å². The van der Waals surface area contributed by atoms with Crippen LogP contribution in [0.15, 0.2) is 23.1 Å². The number of carbonyl (C=O) groups is 1. The van der Waals surface area contributed by atoms with Gasteiger partial charge in [0.15, 0.2) is 0 Å². The van der Waals surface area contributed by atoms with E-state index in [2.05, 4.69) is 13.5 Å². The van der Waals surface area contributed by atoms with Crippen LogP contribution in [0.1, 0.15) is 26.2 Å². The predicted octanol–water partition coefficient (Wildman–Crippen LogP) is 1.93. The van der Waals surface area contributed by atoms with E-state index in [-0.39, 0.29) is 17.2 Å². The molecule has 1 heterocycles. The first-order valence-corrected chi connectivity index (χ1v) is 8.95. The molecule has 1 amide bonds. The van der Waals surface area contributed by atoms with Gasteiger partial charge in [0.05, 0.1) is 11.7 Å². The Morgan fingerprint density at radius 1 is 1.43 bits per heavy atom. The van der Waals surface area contributed by atoms with Gasteiger partial charge in [-0.3, -0.25) is 4.79 Å². The van der Waals surface area contributed by atoms with Gasteiger partial charge in [0.1, 0.15) is 15.9 Å². The smallest absolute Gasteiger partial charge is 0.266 e. The molecule has 0 saturated heterocycles. The monoisotopic (exact) mass is 325 g/mol. The molecule has 0 radical (unpaired) electrons. The second-order valence-corrected chi connectivity index (χ2v) is 7.61. The molecule has 1 N–H and O–H groups in total. The van der Waals surface area contributed by atoms with Crippen LogP contribution in [0.3, 0.4) is 0 Å². The maximum absolute atomic E-state index is 12.3. The Bertz CT molecular complexity index is 781. The third-order valence-electron chi connectivity index (χ3n) is 3.72. The molecular formula is C13H15N3O3S2. The zero-order valence-electron chi connectivity index (χ0n) is 11.4. The van der Waals surface area contributed by atoms with Crippen molar-refractivity contribution in [1.29, 1.82) is 0 Å². The maximum Gasteiger partial charge on any atom is 0.266 e. The predicted molar refractivity (Wildman–Crippen MR) is 79.2 cm³/mol. The summed E-state index contributed by atoms with van der Waals surface area (Å²) in [7, 11) is -3.90. The Kier molecular flexibility index (Phi) is 3.66. The highest BCUT2D eigenvalue weighted by molar-refractivity contribution is 7.90. The maximum atomic E-state index is 12.3. The number of carbonyl (C=O) groups excluding carboxylic acids is 1. The molecular weight excluding hydrogens is 310 g/mol. The van der Waals surface area contributed by atoms with Crippen LogP contribution in [0.25, 0.3) is 11.0 Å². The number of sulfonamides is 1. The lowest BCUT2D eigenvalue weighted by Crippen LogP contribution is -2.32. The van der Waals surface area contributed by atoms with E-state index in [4.69, 9.17) is 0 Å². The van der Waals surface area contributed by atoms with Crippen LogP contribution in [-0.4, -0.2) is 23.1 Å². The summed E-state index contributed by atoms with van der Waals surface area (Å²) in [5.41, 5.74) is 0.819. The number of benzene rings is 1. The number of nitrogens with zero attached hydrogens (tertiary/aromatic N) is 2. The number of nitrogens with one attached hydrogen (secondary N) is 1. The van der Waals surface area contributed by atoms with Gasteiger partial charge in [-0.1, -0.05) is 13.0 Å². The van der Waals surface area contributed by atoms with Crippen molar-refractivity contribution in [2.45, 2.75) is 31.1 Å². The minimum Gasteiger partial charge on any atom is -0.274 e. The van der Waals surface area contributed by atoms with Crippen LogP contribution in [-0.2, 0) is 14.8 Å². The number of amides is 1. The molecule has 1 aliphatic rings. The van der Waals surface area contributed by atoms with Crippen molar-refractivity contribution in [3.8, 4) is 0 Å². The first-order chi connectivity index (χ1) is 9.97. The Morgan fingerprint density at radius 2 is 2.19 bits per heavy atom. The number of aromatic nitrogens is 2. The molecule has 6 nitrogen and oxygen atoms in total. The summed E-state index contributed by atoms with van der Waals surface area (Å²) in [6.07, 6.45) is 2.49. The van der Waals surface area contributed by atoms with Crippen LogP contribution in [0.2, 0.25) is 0 Å². The molecule has 112 valence electrons. The molecule has 8 heteroatoms. The number of fused-ring (bicyclic) bond motifs is 1. The van der Waals surface area contributed by atoms with Crippen molar-refractivity contribution < 1.29 is 13.2 Å². The van der Waals surface area contributed by atoms with Crippen LogP contribution < -0.4 is 4.72 Å². The van der Waals surface area contributed by atoms with Crippen LogP contribution >= 0.6 is 11.7 Å². The number of hydrogen-bond donors (Lipinski definition) is 1. The third kappa shape index (κ3) is 3.06. The Labute approximate surface area is 126 Å². The van der Waals surface area contributed by atoms with Gasteiger partial charge in [-0.25, -0.2) is 13.1 Å². The fourth-order valence-corrected chi connectivity index (χ4v) is 4.13. The minimum atomic E-state index is -3.90. The average molecular weight is 325 g/mol. The molecule has 0 spiro atoms. The van der Waals surface area contributed by atoms with E-state index in [9.17, 15) is 13.2 Å². The Balaban J connectivity index is 1.80. The van der Waals surface area contributed by atoms with Gasteiger partial charge in [-0.05, 0) is 36.8 Å². The lowest BCUT2D eigenvalue weighted by Gasteiger charge is -2.11. The summed E-state index contributed by atoms with van der Waals surface area (Å²) in [6, 6.07) is 4.72. The number of hydrogen-bond acceptors (Lipinski definition) is 6. The molecule has 1 aliphatic carbocycles. The molecule has 1 aromatic heterocycles. The molecule has 1 fully saturated rings. The summed E-state index contributed by atoms with van der Waals surface area (Å²) in [6.45, 7) is 1.98. The van der Waals surface area contributed by atoms with E-state index < -0.39 is 15.9 Å². The normalized spacial score (nSPS) is 16.8. The standard InChI is InChI=1S/C13H15N3O3S2/c1-8(9-5-6-9)7-12(17)16-21(18,19)11-4-2-3-10-13(11)15-20-14-10/h2-4,8-9H,5-7H2,1H3,(H,16,17). The van der Waals surface area contributed by atoms with Crippen molar-refractivity contribution >= 4 is 38.7 Å². The van der Waals surface area contributed by atoms with Gasteiger partial charge in [0.25, 0.3) is 10.0 Å². The van der Waals surface area contributed by atoms with E-state index in [1.165, 1.54) is 6.07 Å². The quantitative estimate of drug-likeness (QED) is 0.907. The first-order valence-electron chi connectivity index (χ1n) is 6.74. The van der Waals surface area contributed by atoms with E-state index in [0.29, 0.717) is 17.0 Å². The second-order valence-electron chi connectivity index (χ2n) is 5.44. The summed E-state index contributed by atoms with van der Waals surface area (Å²) >= 11 is 0.948. The fourth-order valence-electron chi connectivity index (χ4n) is 2.37. The molecule has 2 aromatic rings. The van der Waals surface area contributed by atoms with E-state index in [1.807, 2.05) is 6.92 Å². The summed E-state index contributed by atoms with van der Waals surface area (Å²) < 4.78 is 34.8. The van der Waals surface area contributed by atoms with Crippen LogP contribution in [0.5, 0.6) is 0 Å². The molecule has 1 atom stereocenters. The fraction of sp³-hybridized carbons (Fsp3) is 0.462. The van der Waals surface area contributed by atoms with Crippen molar-refractivity contribution in [1.82, 2.24) is 13.5 Å². The van der Waals surface area contributed by atoms with E-state index in [0.717, 1.165) is 24.6 Å². The topological polar surface area (TPSA) is 89.0 Å². The van der Waals surface area contributed by atoms with Crippen LogP contribution in [0, 0.1) is 11.8 Å². The van der Waals surface area contributed by atoms with Gasteiger partial charge >= 0.3 is 0 Å². The largest absolute Gasteiger partial charge is 0.274 e. The molecule has 3 rings (SSSR count). The highest BCUT2D eigenvalue weighted by Crippen LogP contribution is 2.38. The SMILES string of the molecule is CC(CC(=O)NS(=O)(=O)c1cccc2nsnc12)C1CC1. The Morgan fingerprint density at radius 3 is 2.90 bits per heavy atom. The second kappa shape index (κ2) is 5.34. The minimum absolute atomic E-state index is 0.00109. The lowest BCUT2D eigenvalue weighted by atomic mass is 10.0. The molecule has 1 saturated carbocycles. The van der Waals surface area contributed by atoms with Gasteiger partial charge in [0.2, 0.25) is 5.91 Å². The molecule has 1 unspecified atom stereocenters. The van der Waals surface area contributed by atoms with Gasteiger partial charge in [-0.15, -0.1) is 0 Å². The summed E-state index contributed by atoms with van der Waals surface area (Å²) in [4.78, 5) is 11.9. The zero-order valence-corrected chi connectivity index (χ0v) is 13.1. The van der Waals surface area contributed by atoms with Gasteiger partial charge < -0.3 is 0 Å². The molecule has 0 bridgehead atoms. The summed E-state index contributed by atoms with van der Waals surface area (Å²) in [5, 5.41) is 0. The van der Waals surface area contributed by atoms with Crippen molar-refractivity contribution in [2.24, 2.45) is 11.8 Å². The highest BCUT2D eigenvalue weighted by atomic mass is 32.2. The average Bonchev–Trinajstić information content (AvgIpc) is 3.15. The summed E-state index contributed by atoms with van der Waals surface area (Å²) in [5.74, 6) is 0.316. The zero-order chi connectivity index (χ0) is 15.0. The number of rotatable bonds is 5. The van der Waals surface area contributed by atoms with Gasteiger partial charge in [-0.2, -0.15) is 8.75 Å². The molecule has 0 aliphatic heterocycles. The third-order valence-corrected chi connectivity index (χ3v) is 5.67. The van der Waals surface area contributed by atoms with Crippen molar-refractivity contribution in [3.63, 3.8) is 0 Å². The van der Waals surface area contributed by atoms with Crippen molar-refractivity contribution in [2.75, 3.05) is 0 Å². The molecule has 1 aromatic carbocycles. The van der Waals surface area contributed by atoms with E-state index >= 15 is 0 Å². The lowest BCUT2D eigenvalue weighted by molar-refractivity contribution is -0.120.